The second-order valence-electron chi connectivity index (χ2n) is 4.86. The van der Waals surface area contributed by atoms with E-state index in [0.717, 1.165) is 19.5 Å². The molecule has 0 aromatic carbocycles. The number of nitrogens with zero attached hydrogens (tertiary/aromatic N) is 2. The van der Waals surface area contributed by atoms with Gasteiger partial charge in [-0.1, -0.05) is 0 Å². The Morgan fingerprint density at radius 3 is 3.00 bits per heavy atom. The van der Waals surface area contributed by atoms with E-state index in [4.69, 9.17) is 5.73 Å². The van der Waals surface area contributed by atoms with Gasteiger partial charge in [0.25, 0.3) is 0 Å². The zero-order valence-corrected chi connectivity index (χ0v) is 11.2. The van der Waals surface area contributed by atoms with Gasteiger partial charge in [0.05, 0.1) is 30.7 Å². The van der Waals surface area contributed by atoms with E-state index in [-0.39, 0.29) is 12.0 Å². The Labute approximate surface area is 112 Å². The summed E-state index contributed by atoms with van der Waals surface area (Å²) in [5.74, 6) is 0.464. The second-order valence-corrected chi connectivity index (χ2v) is 4.86. The van der Waals surface area contributed by atoms with Crippen molar-refractivity contribution in [3.8, 4) is 0 Å². The van der Waals surface area contributed by atoms with E-state index >= 15 is 0 Å². The lowest BCUT2D eigenvalue weighted by atomic mass is 10.0. The average Bonchev–Trinajstić information content (AvgIpc) is 2.88. The normalized spacial score (nSPS) is 20.4. The van der Waals surface area contributed by atoms with Crippen LogP contribution in [-0.4, -0.2) is 42.4 Å². The van der Waals surface area contributed by atoms with Crippen LogP contribution in [0.5, 0.6) is 0 Å². The quantitative estimate of drug-likeness (QED) is 0.780. The van der Waals surface area contributed by atoms with Gasteiger partial charge in [0, 0.05) is 19.0 Å². The lowest BCUT2D eigenvalue weighted by molar-refractivity contribution is 0.0602. The molecule has 0 radical (unpaired) electrons. The first kappa shape index (κ1) is 13.6. The standard InChI is InChI=1S/C13H19N3O3/c1-8(17)9-3-4-16(7-9)12-5-10(13(18)19-2)11(14)6-15-12/h5-6,8-9,17H,3-4,7,14H2,1-2H3. The number of nitrogens with two attached hydrogens (primary N) is 1. The van der Waals surface area contributed by atoms with Gasteiger partial charge in [-0.25, -0.2) is 9.78 Å². The van der Waals surface area contributed by atoms with Gasteiger partial charge < -0.3 is 20.5 Å². The van der Waals surface area contributed by atoms with Crippen LogP contribution in [0.15, 0.2) is 12.3 Å². The number of aliphatic hydroxyl groups excluding tert-OH is 1. The van der Waals surface area contributed by atoms with Gasteiger partial charge in [-0.15, -0.1) is 0 Å². The first-order valence-electron chi connectivity index (χ1n) is 6.29. The summed E-state index contributed by atoms with van der Waals surface area (Å²) in [6, 6.07) is 1.64. The zero-order chi connectivity index (χ0) is 14.0. The fraction of sp³-hybridized carbons (Fsp3) is 0.538. The van der Waals surface area contributed by atoms with Gasteiger partial charge >= 0.3 is 5.97 Å². The molecule has 1 aliphatic heterocycles. The molecule has 0 aliphatic carbocycles. The summed E-state index contributed by atoms with van der Waals surface area (Å²) in [7, 11) is 1.32. The van der Waals surface area contributed by atoms with Crippen molar-refractivity contribution in [2.45, 2.75) is 19.4 Å². The van der Waals surface area contributed by atoms with Crippen molar-refractivity contribution in [3.05, 3.63) is 17.8 Å². The number of anilines is 2. The van der Waals surface area contributed by atoms with E-state index in [2.05, 4.69) is 9.72 Å². The van der Waals surface area contributed by atoms with Crippen molar-refractivity contribution >= 4 is 17.5 Å². The Balaban J connectivity index is 2.20. The molecule has 2 atom stereocenters. The molecule has 0 spiro atoms. The number of carbonyl (C=O) groups excluding carboxylic acids is 1. The Hall–Kier alpha value is -1.82. The molecule has 0 saturated carbocycles. The van der Waals surface area contributed by atoms with Gasteiger partial charge in [-0.3, -0.25) is 0 Å². The van der Waals surface area contributed by atoms with Crippen molar-refractivity contribution in [2.24, 2.45) is 5.92 Å². The number of hydrogen-bond donors (Lipinski definition) is 2. The van der Waals surface area contributed by atoms with Gasteiger partial charge in [0.2, 0.25) is 0 Å². The Bertz CT molecular complexity index is 476. The third kappa shape index (κ3) is 2.78. The fourth-order valence-electron chi connectivity index (χ4n) is 2.30. The van der Waals surface area contributed by atoms with Crippen molar-refractivity contribution in [1.82, 2.24) is 4.98 Å². The van der Waals surface area contributed by atoms with E-state index in [0.29, 0.717) is 17.1 Å². The number of rotatable bonds is 3. The van der Waals surface area contributed by atoms with Gasteiger partial charge in [-0.2, -0.15) is 0 Å². The number of ether oxygens (including phenoxy) is 1. The molecule has 1 fully saturated rings. The SMILES string of the molecule is COC(=O)c1cc(N2CCC(C(C)O)C2)ncc1N. The Kier molecular flexibility index (Phi) is 3.90. The molecular weight excluding hydrogens is 246 g/mol. The molecule has 3 N–H and O–H groups in total. The minimum atomic E-state index is -0.465. The van der Waals surface area contributed by atoms with Crippen LogP contribution >= 0.6 is 0 Å². The molecule has 2 unspecified atom stereocenters. The first-order chi connectivity index (χ1) is 9.02. The highest BCUT2D eigenvalue weighted by molar-refractivity contribution is 5.95. The van der Waals surface area contributed by atoms with Crippen LogP contribution in [0.25, 0.3) is 0 Å². The molecule has 2 heterocycles. The van der Waals surface area contributed by atoms with Crippen LogP contribution in [-0.2, 0) is 4.74 Å². The fourth-order valence-corrected chi connectivity index (χ4v) is 2.30. The number of aromatic nitrogens is 1. The van der Waals surface area contributed by atoms with E-state index in [9.17, 15) is 9.90 Å². The number of nitrogen functional groups attached to an aromatic ring is 1. The second kappa shape index (κ2) is 5.44. The smallest absolute Gasteiger partial charge is 0.340 e. The van der Waals surface area contributed by atoms with Gasteiger partial charge in [0.15, 0.2) is 0 Å². The summed E-state index contributed by atoms with van der Waals surface area (Å²) in [6.07, 6.45) is 2.05. The average molecular weight is 265 g/mol. The highest BCUT2D eigenvalue weighted by atomic mass is 16.5. The molecule has 2 rings (SSSR count). The third-order valence-electron chi connectivity index (χ3n) is 3.56. The molecule has 1 aromatic rings. The monoisotopic (exact) mass is 265 g/mol. The predicted molar refractivity (Wildman–Crippen MR) is 72.0 cm³/mol. The van der Waals surface area contributed by atoms with Gasteiger partial charge in [-0.05, 0) is 19.4 Å². The van der Waals surface area contributed by atoms with E-state index in [1.54, 1.807) is 13.0 Å². The molecule has 1 aromatic heterocycles. The van der Waals surface area contributed by atoms with E-state index in [1.165, 1.54) is 13.3 Å². The van der Waals surface area contributed by atoms with Crippen LogP contribution in [0.4, 0.5) is 11.5 Å². The number of pyridine rings is 1. The summed E-state index contributed by atoms with van der Waals surface area (Å²) in [5.41, 5.74) is 6.35. The number of carbonyl (C=O) groups is 1. The minimum absolute atomic E-state index is 0.237. The lowest BCUT2D eigenvalue weighted by Gasteiger charge is -2.19. The molecule has 104 valence electrons. The predicted octanol–water partition coefficient (Wildman–Crippen LogP) is 0.657. The number of methoxy groups -OCH3 is 1. The summed E-state index contributed by atoms with van der Waals surface area (Å²) in [6.45, 7) is 3.34. The summed E-state index contributed by atoms with van der Waals surface area (Å²) in [4.78, 5) is 17.9. The van der Waals surface area contributed by atoms with Gasteiger partial charge in [0.1, 0.15) is 5.82 Å². The topological polar surface area (TPSA) is 88.7 Å². The van der Waals surface area contributed by atoms with Crippen molar-refractivity contribution in [3.63, 3.8) is 0 Å². The Morgan fingerprint density at radius 1 is 1.68 bits per heavy atom. The number of hydrogen-bond acceptors (Lipinski definition) is 6. The van der Waals surface area contributed by atoms with Crippen LogP contribution < -0.4 is 10.6 Å². The maximum absolute atomic E-state index is 11.6. The zero-order valence-electron chi connectivity index (χ0n) is 11.2. The van der Waals surface area contributed by atoms with Crippen molar-refractivity contribution in [1.29, 1.82) is 0 Å². The van der Waals surface area contributed by atoms with Crippen molar-refractivity contribution < 1.29 is 14.6 Å². The highest BCUT2D eigenvalue weighted by Crippen LogP contribution is 2.26. The Morgan fingerprint density at radius 2 is 2.42 bits per heavy atom. The molecule has 0 amide bonds. The van der Waals surface area contributed by atoms with Crippen LogP contribution in [0.2, 0.25) is 0 Å². The molecule has 6 heteroatoms. The number of aliphatic hydroxyl groups is 1. The van der Waals surface area contributed by atoms with Crippen LogP contribution in [0.1, 0.15) is 23.7 Å². The van der Waals surface area contributed by atoms with Crippen LogP contribution in [0, 0.1) is 5.92 Å². The van der Waals surface area contributed by atoms with E-state index in [1.807, 2.05) is 4.90 Å². The summed E-state index contributed by atoms with van der Waals surface area (Å²) >= 11 is 0. The third-order valence-corrected chi connectivity index (χ3v) is 3.56. The first-order valence-corrected chi connectivity index (χ1v) is 6.29. The molecule has 1 saturated heterocycles. The summed E-state index contributed by atoms with van der Waals surface area (Å²) in [5, 5.41) is 9.60. The summed E-state index contributed by atoms with van der Waals surface area (Å²) < 4.78 is 4.69. The largest absolute Gasteiger partial charge is 0.465 e. The number of esters is 1. The molecule has 6 nitrogen and oxygen atoms in total. The molecule has 19 heavy (non-hydrogen) atoms. The molecule has 0 bridgehead atoms. The lowest BCUT2D eigenvalue weighted by Crippen LogP contribution is -2.25. The van der Waals surface area contributed by atoms with Crippen molar-refractivity contribution in [2.75, 3.05) is 30.8 Å². The maximum atomic E-state index is 11.6. The molecule has 1 aliphatic rings. The minimum Gasteiger partial charge on any atom is -0.465 e. The highest BCUT2D eigenvalue weighted by Gasteiger charge is 2.27. The molecular formula is C13H19N3O3. The van der Waals surface area contributed by atoms with E-state index < -0.39 is 5.97 Å². The maximum Gasteiger partial charge on any atom is 0.340 e. The van der Waals surface area contributed by atoms with Crippen LogP contribution in [0.3, 0.4) is 0 Å².